The van der Waals surface area contributed by atoms with Gasteiger partial charge in [0.05, 0.1) is 31.8 Å². The molecule has 456 valence electrons. The molecule has 3 aromatic carbocycles. The van der Waals surface area contributed by atoms with E-state index in [1.165, 1.54) is 85.7 Å². The summed E-state index contributed by atoms with van der Waals surface area (Å²) in [4.78, 5) is 134. The molecule has 6 atom stereocenters. The summed E-state index contributed by atoms with van der Waals surface area (Å²) in [5.41, 5.74) is -0.827. The number of ketones is 1. The van der Waals surface area contributed by atoms with Crippen LogP contribution in [0.25, 0.3) is 0 Å². The summed E-state index contributed by atoms with van der Waals surface area (Å²) in [6, 6.07) is 12.3. The Morgan fingerprint density at radius 1 is 0.750 bits per heavy atom. The number of nitrogens with one attached hydrogen (secondary N) is 1. The van der Waals surface area contributed by atoms with Crippen LogP contribution >= 0.6 is 0 Å². The summed E-state index contributed by atoms with van der Waals surface area (Å²) < 4.78 is 34.7. The largest absolute Gasteiger partial charge is 0.504 e. The molecule has 1 unspecified atom stereocenters. The minimum absolute atomic E-state index is 0.0760. The molecule has 0 aromatic heterocycles. The Balaban J connectivity index is 1.33. The number of carbonyl (C=O) groups is 9. The van der Waals surface area contributed by atoms with Crippen LogP contribution in [0.1, 0.15) is 115 Å². The monoisotopic (exact) mass is 1170 g/mol. The van der Waals surface area contributed by atoms with Gasteiger partial charge in [-0.05, 0) is 134 Å². The molecule has 0 saturated carbocycles. The number of piperidine rings is 1. The number of amides is 6. The van der Waals surface area contributed by atoms with E-state index in [2.05, 4.69) is 5.32 Å². The second-order valence-electron chi connectivity index (χ2n) is 23.1. The topological polar surface area (TPSA) is 257 Å². The molecule has 3 aromatic rings. The van der Waals surface area contributed by atoms with Gasteiger partial charge in [-0.15, -0.1) is 0 Å². The van der Waals surface area contributed by atoms with Crippen molar-refractivity contribution >= 4 is 53.2 Å². The maximum Gasteiger partial charge on any atom is 0.330 e. The van der Waals surface area contributed by atoms with Gasteiger partial charge in [-0.1, -0.05) is 48.5 Å². The van der Waals surface area contributed by atoms with Crippen LogP contribution in [-0.2, 0) is 63.8 Å². The van der Waals surface area contributed by atoms with E-state index in [-0.39, 0.29) is 80.8 Å². The van der Waals surface area contributed by atoms with E-state index < -0.39 is 108 Å². The maximum atomic E-state index is 14.9. The zero-order valence-electron chi connectivity index (χ0n) is 50.2. The number of aromatic hydroxyl groups is 1. The highest BCUT2D eigenvalue weighted by molar-refractivity contribution is 6.38. The molecule has 84 heavy (non-hydrogen) atoms. The van der Waals surface area contributed by atoms with Crippen molar-refractivity contribution in [1.29, 1.82) is 0 Å². The molecule has 0 aliphatic carbocycles. The number of esters is 2. The van der Waals surface area contributed by atoms with Crippen molar-refractivity contribution in [3.63, 3.8) is 0 Å². The van der Waals surface area contributed by atoms with E-state index >= 15 is 0 Å². The van der Waals surface area contributed by atoms with Crippen molar-refractivity contribution in [2.24, 2.45) is 5.41 Å². The predicted molar refractivity (Wildman–Crippen MR) is 307 cm³/mol. The van der Waals surface area contributed by atoms with Gasteiger partial charge in [-0.3, -0.25) is 33.6 Å². The molecule has 2 N–H and O–H groups in total. The lowest BCUT2D eigenvalue weighted by molar-refractivity contribution is -0.165. The molecule has 0 spiro atoms. The number of phenolic OH excluding ortho intramolecular Hbond substituents is 1. The molecule has 3 aliphatic heterocycles. The van der Waals surface area contributed by atoms with Gasteiger partial charge in [0.1, 0.15) is 48.7 Å². The van der Waals surface area contributed by atoms with Gasteiger partial charge in [-0.2, -0.15) is 0 Å². The fourth-order valence-electron chi connectivity index (χ4n) is 10.1. The Hall–Kier alpha value is -8.01. The third kappa shape index (κ3) is 16.6. The van der Waals surface area contributed by atoms with Crippen molar-refractivity contribution in [1.82, 2.24) is 29.8 Å². The second-order valence-corrected chi connectivity index (χ2v) is 23.1. The van der Waals surface area contributed by atoms with Gasteiger partial charge >= 0.3 is 11.9 Å². The van der Waals surface area contributed by atoms with E-state index in [0.29, 0.717) is 42.4 Å². The number of benzene rings is 3. The Morgan fingerprint density at radius 2 is 1.44 bits per heavy atom. The highest BCUT2D eigenvalue weighted by Crippen LogP contribution is 2.39. The number of aryl methyl sites for hydroxylation is 1. The Kier molecular flexibility index (Phi) is 22.5. The Bertz CT molecular complexity index is 2910. The first-order valence-electron chi connectivity index (χ1n) is 28.4. The van der Waals surface area contributed by atoms with Crippen molar-refractivity contribution < 1.29 is 76.7 Å². The van der Waals surface area contributed by atoms with Crippen molar-refractivity contribution in [2.45, 2.75) is 135 Å². The predicted octanol–water partition coefficient (Wildman–Crippen LogP) is 5.28. The molecule has 0 radical (unpaired) electrons. The fourth-order valence-corrected chi connectivity index (χ4v) is 10.1. The zero-order chi connectivity index (χ0) is 61.6. The van der Waals surface area contributed by atoms with Crippen LogP contribution in [0.15, 0.2) is 78.9 Å². The molecule has 22 heteroatoms. The summed E-state index contributed by atoms with van der Waals surface area (Å²) in [6.07, 6.45) is 4.30. The number of cyclic esters (lactones) is 2. The van der Waals surface area contributed by atoms with Crippen LogP contribution < -0.4 is 19.5 Å². The van der Waals surface area contributed by atoms with Gasteiger partial charge < -0.3 is 63.3 Å². The van der Waals surface area contributed by atoms with E-state index in [1.807, 2.05) is 0 Å². The number of methoxy groups -OCH3 is 2. The molecule has 2 bridgehead atoms. The van der Waals surface area contributed by atoms with E-state index in [0.717, 1.165) is 6.08 Å². The third-order valence-electron chi connectivity index (χ3n) is 15.4. The van der Waals surface area contributed by atoms with Gasteiger partial charge in [0.15, 0.2) is 18.1 Å². The third-order valence-corrected chi connectivity index (χ3v) is 15.4. The van der Waals surface area contributed by atoms with Crippen LogP contribution in [-0.4, -0.2) is 187 Å². The van der Waals surface area contributed by atoms with Crippen LogP contribution in [0.2, 0.25) is 0 Å². The number of rotatable bonds is 8. The number of phenols is 1. The number of likely N-dealkylation sites (N-methyl/N-ethyl adjacent to an activating group) is 3. The minimum atomic E-state index is -1.52. The highest BCUT2D eigenvalue weighted by Gasteiger charge is 2.45. The van der Waals surface area contributed by atoms with Gasteiger partial charge in [0.2, 0.25) is 35.2 Å². The molecule has 6 rings (SSSR count). The minimum Gasteiger partial charge on any atom is -0.504 e. The number of nitrogens with zero attached hydrogens (tertiary/aromatic N) is 5. The molecule has 22 nitrogen and oxygen atoms in total. The van der Waals surface area contributed by atoms with E-state index in [9.17, 15) is 48.3 Å². The van der Waals surface area contributed by atoms with Crippen LogP contribution in [0.3, 0.4) is 0 Å². The zero-order valence-corrected chi connectivity index (χ0v) is 50.2. The number of ether oxygens (including phenoxy) is 6. The molecule has 2 fully saturated rings. The number of hydrogen-bond donors (Lipinski definition) is 2. The van der Waals surface area contributed by atoms with E-state index in [4.69, 9.17) is 28.4 Å². The molecular weight excluding hydrogens is 1080 g/mol. The average molecular weight is 1170 g/mol. The van der Waals surface area contributed by atoms with Gasteiger partial charge in [0, 0.05) is 46.9 Å². The van der Waals surface area contributed by atoms with Crippen LogP contribution in [0.4, 0.5) is 0 Å². The summed E-state index contributed by atoms with van der Waals surface area (Å²) in [6.45, 7) is 9.00. The second kappa shape index (κ2) is 29.0. The first kappa shape index (κ1) is 65.1. The first-order valence-corrected chi connectivity index (χ1v) is 28.4. The molecular formula is C62H82N6O16. The highest BCUT2D eigenvalue weighted by atomic mass is 16.5. The lowest BCUT2D eigenvalue weighted by atomic mass is 9.87. The summed E-state index contributed by atoms with van der Waals surface area (Å²) in [5, 5.41) is 13.6. The van der Waals surface area contributed by atoms with Crippen molar-refractivity contribution in [3.8, 4) is 23.0 Å². The summed E-state index contributed by atoms with van der Waals surface area (Å²) in [5.74, 6) is -5.87. The summed E-state index contributed by atoms with van der Waals surface area (Å²) in [7, 11) is 7.25. The Labute approximate surface area is 491 Å². The SMILES string of the molecule is COc1cc(CC[C@H]2OC(=O)[C@@H]3CCCCN3C(=O)C(=O)C(C)(C)COC(=O)/C=C\CCN(C)C(=O)[C@@H]3CCCN3C(=O)[C@H](COC(C)(C)C)N(C)C(=O)C(c3ccccc3)NC(=O)[C@H](C)N(C)C(=O)COc3cccc2c3)cc(O)c1OC. The smallest absolute Gasteiger partial charge is 0.330 e. The van der Waals surface area contributed by atoms with Gasteiger partial charge in [-0.25, -0.2) is 9.59 Å². The molecule has 6 amide bonds. The molecule has 3 aliphatic rings. The number of Topliss-reactive ketones (excluding diaryl/α,β-unsaturated/α-hetero) is 1. The van der Waals surface area contributed by atoms with Gasteiger partial charge in [0.25, 0.3) is 11.8 Å². The molecule has 2 saturated heterocycles. The lowest BCUT2D eigenvalue weighted by Gasteiger charge is -2.37. The molecule has 3 heterocycles. The van der Waals surface area contributed by atoms with Crippen LogP contribution in [0, 0.1) is 5.41 Å². The first-order chi connectivity index (χ1) is 39.8. The van der Waals surface area contributed by atoms with E-state index in [1.54, 1.807) is 88.5 Å². The standard InChI is InChI=1S/C62H82N6O16/c1-39-55(73)63-52(41-21-13-12-14-22-41)58(76)66(9)46(36-83-61(2,3)4)57(75)67-32-20-26-44(67)56(74)64(7)30-17-16-27-51(71)82-38-62(5,6)54(72)59(77)68-31-18-15-25-45(68)60(78)84-48(29-28-40-33-47(69)53(80-11)49(34-40)79-10)42-23-19-24-43(35-42)81-37-50(70)65(39)8/h12-14,16,19,21-24,27,33-35,39,44-46,48,52,69H,15,17-18,20,25-26,28-32,36-38H2,1-11H3,(H,63,73)/b27-16-/t39-,44-,45-,46-,48+,52?/m0/s1. The number of hydrogen-bond acceptors (Lipinski definition) is 16. The quantitative estimate of drug-likeness (QED) is 0.215. The van der Waals surface area contributed by atoms with Crippen molar-refractivity contribution in [2.75, 3.05) is 74.8 Å². The average Bonchev–Trinajstić information content (AvgIpc) is 4.17. The number of fused-ring (bicyclic) bond motifs is 4. The fraction of sp³-hybridized carbons (Fsp3) is 0.532. The lowest BCUT2D eigenvalue weighted by Crippen LogP contribution is -2.58. The van der Waals surface area contributed by atoms with Crippen molar-refractivity contribution in [3.05, 3.63) is 95.6 Å². The normalized spacial score (nSPS) is 24.0. The Morgan fingerprint density at radius 3 is 2.13 bits per heavy atom. The number of carbonyl (C=O) groups excluding carboxylic acids is 9. The van der Waals surface area contributed by atoms with Crippen LogP contribution in [0.5, 0.6) is 23.0 Å². The maximum absolute atomic E-state index is 14.9. The summed E-state index contributed by atoms with van der Waals surface area (Å²) >= 11 is 0.